The standard InChI is InChI=1S/C56H47N3.C2H5N/c1-38-19-7-6-18-34-59(37-58-55(57-36-39-20-8-2-9-21-39)42-32-30-41(31-33-42)40-22-10-3-11-23-40)54-51(38)46-35-47(46)53-52(54)45-26-13-5-15-28-50(45)56(53)48-27-14-4-12-24-43(48)44-25-16-17-29-49(44)56;1-3-2/h2-4,6-26,28-33,46-47H,1,5,27,34-37H2,(H,57,58);1H2,2H3/b18-6-,19-7-;. The van der Waals surface area contributed by atoms with Crippen molar-refractivity contribution in [2.75, 3.05) is 20.3 Å². The number of benzene rings is 4. The van der Waals surface area contributed by atoms with Crippen molar-refractivity contribution in [2.24, 2.45) is 21.8 Å². The highest BCUT2D eigenvalue weighted by Crippen LogP contribution is 2.72. The van der Waals surface area contributed by atoms with Crippen LogP contribution in [0.5, 0.6) is 0 Å². The van der Waals surface area contributed by atoms with Gasteiger partial charge in [-0.3, -0.25) is 0 Å². The van der Waals surface area contributed by atoms with Crippen LogP contribution in [0.3, 0.4) is 0 Å². The summed E-state index contributed by atoms with van der Waals surface area (Å²) >= 11 is 0. The largest absolute Gasteiger partial charge is 0.366 e. The SMILES string of the molecule is C=C1/C=C\C=C/CN(C/N=C(\NCc2ccccc2)c2ccc(-c3ccccc3)cc2)C2=C1C1CC1C1=C2C2=C(C=CCC=C2)C12C1=C(C=CC=CC1)c1ccccc12.C=NC. The molecule has 0 amide bonds. The molecule has 1 spiro atoms. The molecule has 1 N–H and O–H groups in total. The average molecular weight is 805 g/mol. The summed E-state index contributed by atoms with van der Waals surface area (Å²) in [6, 6.07) is 39.3. The summed E-state index contributed by atoms with van der Waals surface area (Å²) < 4.78 is 0. The van der Waals surface area contributed by atoms with Gasteiger partial charge in [-0.25, -0.2) is 4.99 Å². The van der Waals surface area contributed by atoms with E-state index in [0.29, 0.717) is 25.0 Å². The monoisotopic (exact) mass is 804 g/mol. The lowest BCUT2D eigenvalue weighted by molar-refractivity contribution is 0.391. The topological polar surface area (TPSA) is 40.0 Å². The van der Waals surface area contributed by atoms with E-state index in [1.165, 1.54) is 67.0 Å². The first kappa shape index (κ1) is 39.1. The van der Waals surface area contributed by atoms with E-state index < -0.39 is 0 Å². The Labute approximate surface area is 366 Å². The van der Waals surface area contributed by atoms with Crippen molar-refractivity contribution in [2.45, 2.75) is 31.2 Å². The first-order chi connectivity index (χ1) is 30.6. The summed E-state index contributed by atoms with van der Waals surface area (Å²) in [7, 11) is 1.64. The molecule has 3 unspecified atom stereocenters. The maximum Gasteiger partial charge on any atom is 0.130 e. The summed E-state index contributed by atoms with van der Waals surface area (Å²) in [6.07, 6.45) is 30.7. The predicted molar refractivity (Wildman–Crippen MR) is 260 cm³/mol. The predicted octanol–water partition coefficient (Wildman–Crippen LogP) is 12.4. The van der Waals surface area contributed by atoms with Gasteiger partial charge in [-0.1, -0.05) is 189 Å². The summed E-state index contributed by atoms with van der Waals surface area (Å²) in [5.41, 5.74) is 19.7. The molecule has 4 nitrogen and oxygen atoms in total. The summed E-state index contributed by atoms with van der Waals surface area (Å²) in [5, 5.41) is 3.78. The maximum atomic E-state index is 5.55. The molecule has 0 bridgehead atoms. The van der Waals surface area contributed by atoms with Crippen LogP contribution in [0.1, 0.15) is 41.5 Å². The van der Waals surface area contributed by atoms with Gasteiger partial charge in [0.1, 0.15) is 12.5 Å². The molecule has 1 aliphatic heterocycles. The number of hydrogen-bond acceptors (Lipinski definition) is 3. The Kier molecular flexibility index (Phi) is 10.6. The lowest BCUT2D eigenvalue weighted by atomic mass is 9.64. The third-order valence-corrected chi connectivity index (χ3v) is 13.2. The van der Waals surface area contributed by atoms with Gasteiger partial charge < -0.3 is 15.2 Å². The summed E-state index contributed by atoms with van der Waals surface area (Å²) in [6.45, 7) is 9.80. The molecule has 1 saturated carbocycles. The minimum atomic E-state index is -0.317. The molecule has 4 heteroatoms. The van der Waals surface area contributed by atoms with Crippen LogP contribution in [0.4, 0.5) is 0 Å². The normalized spacial score (nSPS) is 23.7. The molecule has 0 aromatic heterocycles. The Morgan fingerprint density at radius 3 is 2.27 bits per heavy atom. The fourth-order valence-corrected chi connectivity index (χ4v) is 10.7. The van der Waals surface area contributed by atoms with Gasteiger partial charge in [-0.2, -0.15) is 0 Å². The molecule has 3 atom stereocenters. The highest BCUT2D eigenvalue weighted by molar-refractivity contribution is 5.99. The van der Waals surface area contributed by atoms with Gasteiger partial charge in [0.05, 0.1) is 11.1 Å². The van der Waals surface area contributed by atoms with E-state index in [1.54, 1.807) is 12.6 Å². The van der Waals surface area contributed by atoms with E-state index in [4.69, 9.17) is 11.6 Å². The van der Waals surface area contributed by atoms with Crippen LogP contribution in [-0.4, -0.2) is 37.7 Å². The van der Waals surface area contributed by atoms with E-state index in [1.807, 2.05) is 0 Å². The molecule has 7 aliphatic rings. The zero-order chi connectivity index (χ0) is 42.0. The molecule has 1 heterocycles. The molecule has 11 rings (SSSR count). The fourth-order valence-electron chi connectivity index (χ4n) is 10.7. The molecule has 6 aliphatic carbocycles. The zero-order valence-electron chi connectivity index (χ0n) is 35.5. The van der Waals surface area contributed by atoms with E-state index in [0.717, 1.165) is 42.8 Å². The molecular formula is C58H52N4. The molecule has 304 valence electrons. The van der Waals surface area contributed by atoms with Gasteiger partial charge in [0.2, 0.25) is 0 Å². The minimum absolute atomic E-state index is 0.317. The molecule has 1 fully saturated rings. The smallest absolute Gasteiger partial charge is 0.130 e. The highest BCUT2D eigenvalue weighted by Gasteiger charge is 2.63. The average Bonchev–Trinajstić information content (AvgIpc) is 4.09. The summed E-state index contributed by atoms with van der Waals surface area (Å²) in [5.74, 6) is 1.75. The number of rotatable bonds is 6. The Balaban J connectivity index is 0.00000149. The first-order valence-electron chi connectivity index (χ1n) is 22.0. The molecule has 0 radical (unpaired) electrons. The van der Waals surface area contributed by atoms with Gasteiger partial charge in [-0.05, 0) is 105 Å². The minimum Gasteiger partial charge on any atom is -0.366 e. The molecular weight excluding hydrogens is 753 g/mol. The second-order valence-corrected chi connectivity index (χ2v) is 16.8. The van der Waals surface area contributed by atoms with Crippen molar-refractivity contribution in [3.05, 3.63) is 256 Å². The highest BCUT2D eigenvalue weighted by atomic mass is 15.2. The molecule has 0 saturated heterocycles. The van der Waals surface area contributed by atoms with Crippen molar-refractivity contribution in [1.29, 1.82) is 0 Å². The summed E-state index contributed by atoms with van der Waals surface area (Å²) in [4.78, 5) is 11.3. The first-order valence-corrected chi connectivity index (χ1v) is 22.0. The van der Waals surface area contributed by atoms with Crippen LogP contribution in [0, 0.1) is 11.8 Å². The Bertz CT molecular complexity index is 2800. The van der Waals surface area contributed by atoms with Crippen molar-refractivity contribution in [3.63, 3.8) is 0 Å². The van der Waals surface area contributed by atoms with Crippen molar-refractivity contribution >= 4 is 18.1 Å². The van der Waals surface area contributed by atoms with Crippen LogP contribution >= 0.6 is 0 Å². The van der Waals surface area contributed by atoms with Gasteiger partial charge in [-0.15, -0.1) is 0 Å². The van der Waals surface area contributed by atoms with Gasteiger partial charge in [0.25, 0.3) is 0 Å². The van der Waals surface area contributed by atoms with Crippen LogP contribution in [0.25, 0.3) is 16.7 Å². The maximum absolute atomic E-state index is 5.55. The Morgan fingerprint density at radius 1 is 0.742 bits per heavy atom. The van der Waals surface area contributed by atoms with Crippen LogP contribution < -0.4 is 5.32 Å². The number of nitrogens with one attached hydrogen (secondary N) is 1. The van der Waals surface area contributed by atoms with Gasteiger partial charge in [0.15, 0.2) is 0 Å². The number of amidine groups is 1. The fraction of sp³-hybridized carbons (Fsp3) is 0.172. The zero-order valence-corrected chi connectivity index (χ0v) is 35.5. The molecule has 62 heavy (non-hydrogen) atoms. The van der Waals surface area contributed by atoms with E-state index in [-0.39, 0.29) is 5.41 Å². The number of aliphatic imine (C=N–C) groups is 2. The Morgan fingerprint density at radius 2 is 1.45 bits per heavy atom. The third kappa shape index (κ3) is 6.71. The quantitative estimate of drug-likeness (QED) is 0.156. The third-order valence-electron chi connectivity index (χ3n) is 13.2. The molecule has 4 aromatic carbocycles. The van der Waals surface area contributed by atoms with E-state index >= 15 is 0 Å². The van der Waals surface area contributed by atoms with Crippen molar-refractivity contribution in [3.8, 4) is 11.1 Å². The van der Waals surface area contributed by atoms with Crippen molar-refractivity contribution < 1.29 is 0 Å². The number of fused-ring (bicyclic) bond motifs is 11. The van der Waals surface area contributed by atoms with Crippen molar-refractivity contribution in [1.82, 2.24) is 10.2 Å². The van der Waals surface area contributed by atoms with E-state index in [9.17, 15) is 0 Å². The number of nitrogens with zero attached hydrogens (tertiary/aromatic N) is 3. The van der Waals surface area contributed by atoms with Gasteiger partial charge >= 0.3 is 0 Å². The number of allylic oxidation sites excluding steroid dienone is 18. The Hall–Kier alpha value is -7.04. The lowest BCUT2D eigenvalue weighted by Gasteiger charge is -2.39. The van der Waals surface area contributed by atoms with Crippen LogP contribution in [0.2, 0.25) is 0 Å². The second-order valence-electron chi connectivity index (χ2n) is 16.8. The molecule has 4 aromatic rings. The lowest BCUT2D eigenvalue weighted by Crippen LogP contribution is -2.34. The van der Waals surface area contributed by atoms with Gasteiger partial charge in [0, 0.05) is 31.3 Å². The number of hydrogen-bond donors (Lipinski definition) is 1. The van der Waals surface area contributed by atoms with Crippen LogP contribution in [0.15, 0.2) is 243 Å². The second kappa shape index (κ2) is 16.8. The van der Waals surface area contributed by atoms with E-state index in [2.05, 4.69) is 204 Å². The van der Waals surface area contributed by atoms with Crippen LogP contribution in [-0.2, 0) is 12.0 Å².